The standard InChI is InChI=1S/C21H19BrN2O4S/c1-13-6-8-17(22)19(10-13)24-29(27,28)16-5-3-4-15(12-16)21(26)23-18-9-7-14(2)11-20(18)25/h3-12,24-25H,1-2H3,(H,23,26). The summed E-state index contributed by atoms with van der Waals surface area (Å²) in [5.41, 5.74) is 2.55. The molecule has 0 radical (unpaired) electrons. The van der Waals surface area contributed by atoms with Crippen molar-refractivity contribution < 1.29 is 18.3 Å². The van der Waals surface area contributed by atoms with E-state index in [1.165, 1.54) is 30.3 Å². The van der Waals surface area contributed by atoms with Gasteiger partial charge in [-0.2, -0.15) is 0 Å². The SMILES string of the molecule is Cc1ccc(NC(=O)c2cccc(S(=O)(=O)Nc3cc(C)ccc3Br)c2)c(O)c1. The van der Waals surface area contributed by atoms with Gasteiger partial charge in [-0.05, 0) is 83.4 Å². The molecule has 6 nitrogen and oxygen atoms in total. The number of phenols is 1. The summed E-state index contributed by atoms with van der Waals surface area (Å²) in [5.74, 6) is -0.592. The molecule has 0 saturated carbocycles. The van der Waals surface area contributed by atoms with Gasteiger partial charge in [-0.15, -0.1) is 0 Å². The number of aromatic hydroxyl groups is 1. The molecule has 0 aliphatic heterocycles. The molecule has 0 aliphatic carbocycles. The highest BCUT2D eigenvalue weighted by Crippen LogP contribution is 2.27. The Balaban J connectivity index is 1.86. The summed E-state index contributed by atoms with van der Waals surface area (Å²) in [4.78, 5) is 12.5. The number of sulfonamides is 1. The van der Waals surface area contributed by atoms with Gasteiger partial charge in [-0.1, -0.05) is 18.2 Å². The van der Waals surface area contributed by atoms with E-state index in [1.807, 2.05) is 19.9 Å². The quantitative estimate of drug-likeness (QED) is 0.461. The molecule has 3 rings (SSSR count). The fourth-order valence-corrected chi connectivity index (χ4v) is 4.26. The lowest BCUT2D eigenvalue weighted by Crippen LogP contribution is -2.16. The number of aryl methyl sites for hydroxylation is 2. The molecule has 3 N–H and O–H groups in total. The third-order valence-corrected chi connectivity index (χ3v) is 6.23. The number of hydrogen-bond acceptors (Lipinski definition) is 4. The molecule has 0 aromatic heterocycles. The molecule has 3 aromatic carbocycles. The Morgan fingerprint density at radius 3 is 2.34 bits per heavy atom. The fraction of sp³-hybridized carbons (Fsp3) is 0.0952. The van der Waals surface area contributed by atoms with E-state index in [-0.39, 0.29) is 21.9 Å². The Hall–Kier alpha value is -2.84. The van der Waals surface area contributed by atoms with Crippen molar-refractivity contribution >= 4 is 43.2 Å². The van der Waals surface area contributed by atoms with E-state index in [4.69, 9.17) is 0 Å². The summed E-state index contributed by atoms with van der Waals surface area (Å²) >= 11 is 3.33. The number of phenolic OH excluding ortho intramolecular Hbond substituents is 1. The van der Waals surface area contributed by atoms with Gasteiger partial charge < -0.3 is 10.4 Å². The van der Waals surface area contributed by atoms with E-state index >= 15 is 0 Å². The molecule has 0 aliphatic rings. The van der Waals surface area contributed by atoms with Crippen LogP contribution in [0, 0.1) is 13.8 Å². The van der Waals surface area contributed by atoms with E-state index < -0.39 is 15.9 Å². The predicted molar refractivity (Wildman–Crippen MR) is 117 cm³/mol. The second kappa shape index (κ2) is 8.26. The highest BCUT2D eigenvalue weighted by Gasteiger charge is 2.18. The maximum Gasteiger partial charge on any atom is 0.261 e. The summed E-state index contributed by atoms with van der Waals surface area (Å²) < 4.78 is 28.7. The average Bonchev–Trinajstić information content (AvgIpc) is 2.67. The van der Waals surface area contributed by atoms with Gasteiger partial charge >= 0.3 is 0 Å². The van der Waals surface area contributed by atoms with Crippen molar-refractivity contribution in [3.8, 4) is 5.75 Å². The van der Waals surface area contributed by atoms with Gasteiger partial charge in [0.15, 0.2) is 0 Å². The first-order chi connectivity index (χ1) is 13.7. The number of halogens is 1. The zero-order valence-corrected chi connectivity index (χ0v) is 18.1. The average molecular weight is 475 g/mol. The van der Waals surface area contributed by atoms with Crippen molar-refractivity contribution in [3.63, 3.8) is 0 Å². The van der Waals surface area contributed by atoms with Crippen LogP contribution in [0.5, 0.6) is 5.75 Å². The first-order valence-electron chi connectivity index (χ1n) is 8.66. The van der Waals surface area contributed by atoms with E-state index in [2.05, 4.69) is 26.0 Å². The van der Waals surface area contributed by atoms with Crippen molar-refractivity contribution in [1.82, 2.24) is 0 Å². The first-order valence-corrected chi connectivity index (χ1v) is 10.9. The van der Waals surface area contributed by atoms with Gasteiger partial charge in [0.2, 0.25) is 0 Å². The van der Waals surface area contributed by atoms with Gasteiger partial charge in [0.1, 0.15) is 5.75 Å². The maximum atomic E-state index is 12.8. The smallest absolute Gasteiger partial charge is 0.261 e. The number of hydrogen-bond donors (Lipinski definition) is 3. The van der Waals surface area contributed by atoms with Crippen LogP contribution < -0.4 is 10.0 Å². The number of nitrogens with one attached hydrogen (secondary N) is 2. The lowest BCUT2D eigenvalue weighted by atomic mass is 10.2. The largest absolute Gasteiger partial charge is 0.506 e. The lowest BCUT2D eigenvalue weighted by Gasteiger charge is -2.12. The maximum absolute atomic E-state index is 12.8. The minimum absolute atomic E-state index is 0.0494. The van der Waals surface area contributed by atoms with Gasteiger partial charge in [-0.3, -0.25) is 9.52 Å². The molecule has 0 fully saturated rings. The first kappa shape index (κ1) is 20.9. The van der Waals surface area contributed by atoms with Gasteiger partial charge in [0.05, 0.1) is 16.3 Å². The number of benzene rings is 3. The Morgan fingerprint density at radius 1 is 0.931 bits per heavy atom. The highest BCUT2D eigenvalue weighted by molar-refractivity contribution is 9.10. The molecule has 1 amide bonds. The van der Waals surface area contributed by atoms with Crippen LogP contribution in [0.4, 0.5) is 11.4 Å². The summed E-state index contributed by atoms with van der Waals surface area (Å²) in [5, 5.41) is 12.5. The Labute approximate surface area is 177 Å². The molecule has 8 heteroatoms. The molecule has 0 spiro atoms. The van der Waals surface area contributed by atoms with E-state index in [0.717, 1.165) is 11.1 Å². The minimum atomic E-state index is -3.90. The highest BCUT2D eigenvalue weighted by atomic mass is 79.9. The van der Waals surface area contributed by atoms with E-state index in [1.54, 1.807) is 24.3 Å². The molecule has 0 bridgehead atoms. The predicted octanol–water partition coefficient (Wildman–Crippen LogP) is 4.82. The molecule has 0 unspecified atom stereocenters. The van der Waals surface area contributed by atoms with Crippen molar-refractivity contribution in [2.45, 2.75) is 18.7 Å². The second-order valence-corrected chi connectivity index (χ2v) is 9.13. The van der Waals surface area contributed by atoms with Crippen LogP contribution in [0.3, 0.4) is 0 Å². The van der Waals surface area contributed by atoms with Gasteiger partial charge in [0.25, 0.3) is 15.9 Å². The summed E-state index contributed by atoms with van der Waals surface area (Å²) in [6.07, 6.45) is 0. The van der Waals surface area contributed by atoms with Crippen LogP contribution in [0.15, 0.2) is 70.0 Å². The Kier molecular flexibility index (Phi) is 5.95. The van der Waals surface area contributed by atoms with E-state index in [0.29, 0.717) is 10.2 Å². The fourth-order valence-electron chi connectivity index (χ4n) is 2.67. The molecule has 150 valence electrons. The number of rotatable bonds is 5. The van der Waals surface area contributed by atoms with Crippen molar-refractivity contribution in [2.75, 3.05) is 10.0 Å². The molecule has 0 heterocycles. The van der Waals surface area contributed by atoms with Gasteiger partial charge in [-0.25, -0.2) is 8.42 Å². The molecular weight excluding hydrogens is 456 g/mol. The summed E-state index contributed by atoms with van der Waals surface area (Å²) in [6, 6.07) is 15.9. The van der Waals surface area contributed by atoms with Crippen LogP contribution >= 0.6 is 15.9 Å². The topological polar surface area (TPSA) is 95.5 Å². The molecule has 3 aromatic rings. The Bertz CT molecular complexity index is 1190. The summed E-state index contributed by atoms with van der Waals surface area (Å²) in [7, 11) is -3.90. The number of anilines is 2. The van der Waals surface area contributed by atoms with Crippen LogP contribution in [-0.2, 0) is 10.0 Å². The second-order valence-electron chi connectivity index (χ2n) is 6.59. The molecule has 0 atom stereocenters. The van der Waals surface area contributed by atoms with Crippen molar-refractivity contribution in [1.29, 1.82) is 0 Å². The zero-order valence-electron chi connectivity index (χ0n) is 15.7. The summed E-state index contributed by atoms with van der Waals surface area (Å²) in [6.45, 7) is 3.68. The molecular formula is C21H19BrN2O4S. The normalized spacial score (nSPS) is 11.1. The number of carbonyl (C=O) groups is 1. The molecule has 29 heavy (non-hydrogen) atoms. The lowest BCUT2D eigenvalue weighted by molar-refractivity contribution is 0.102. The molecule has 0 saturated heterocycles. The van der Waals surface area contributed by atoms with Crippen molar-refractivity contribution in [2.24, 2.45) is 0 Å². The number of amides is 1. The van der Waals surface area contributed by atoms with Crippen LogP contribution in [0.2, 0.25) is 0 Å². The minimum Gasteiger partial charge on any atom is -0.506 e. The number of carbonyl (C=O) groups excluding carboxylic acids is 1. The third-order valence-electron chi connectivity index (χ3n) is 4.17. The third kappa shape index (κ3) is 4.96. The van der Waals surface area contributed by atoms with Gasteiger partial charge in [0, 0.05) is 10.0 Å². The van der Waals surface area contributed by atoms with E-state index in [9.17, 15) is 18.3 Å². The van der Waals surface area contributed by atoms with Crippen LogP contribution in [-0.4, -0.2) is 19.4 Å². The van der Waals surface area contributed by atoms with Crippen molar-refractivity contribution in [3.05, 3.63) is 81.8 Å². The van der Waals surface area contributed by atoms with Crippen LogP contribution in [0.25, 0.3) is 0 Å². The Morgan fingerprint density at radius 2 is 1.62 bits per heavy atom. The van der Waals surface area contributed by atoms with Crippen LogP contribution in [0.1, 0.15) is 21.5 Å². The zero-order chi connectivity index (χ0) is 21.2. The monoisotopic (exact) mass is 474 g/mol.